The molecule has 0 bridgehead atoms. The van der Waals surface area contributed by atoms with Gasteiger partial charge in [-0.05, 0) is 67.6 Å². The third-order valence-corrected chi connectivity index (χ3v) is 6.73. The number of pyridine rings is 1. The molecule has 0 spiro atoms. The highest BCUT2D eigenvalue weighted by Gasteiger charge is 2.17. The summed E-state index contributed by atoms with van der Waals surface area (Å²) in [6.45, 7) is 7.86. The van der Waals surface area contributed by atoms with Crippen LogP contribution < -0.4 is 14.8 Å². The Morgan fingerprint density at radius 3 is 2.33 bits per heavy atom. The summed E-state index contributed by atoms with van der Waals surface area (Å²) in [5.41, 5.74) is 4.46. The van der Waals surface area contributed by atoms with Crippen molar-refractivity contribution in [1.29, 1.82) is 0 Å². The highest BCUT2D eigenvalue weighted by atomic mass is 32.2. The molecule has 2 aromatic carbocycles. The second kappa shape index (κ2) is 10.6. The van der Waals surface area contributed by atoms with E-state index in [1.807, 2.05) is 51.1 Å². The number of nitrogens with one attached hydrogen (secondary N) is 2. The Kier molecular flexibility index (Phi) is 7.84. The number of nitrogens with zero attached hydrogens (tertiary/aromatic N) is 1. The molecule has 0 radical (unpaired) electrons. The molecule has 0 atom stereocenters. The SMILES string of the molecule is Cc1ccc(C)c(Oc2ccc(CNC(=O)CCNS(=O)(=O)c3cc(C)ccc3C)cn2)c1. The topological polar surface area (TPSA) is 97.4 Å². The van der Waals surface area contributed by atoms with E-state index in [2.05, 4.69) is 15.0 Å². The maximum atomic E-state index is 12.5. The van der Waals surface area contributed by atoms with Crippen LogP contribution in [-0.4, -0.2) is 25.9 Å². The number of hydrogen-bond donors (Lipinski definition) is 2. The third kappa shape index (κ3) is 6.87. The first-order chi connectivity index (χ1) is 15.6. The molecule has 0 aliphatic rings. The van der Waals surface area contributed by atoms with E-state index in [1.165, 1.54) is 0 Å². The van der Waals surface area contributed by atoms with E-state index in [9.17, 15) is 13.2 Å². The highest BCUT2D eigenvalue weighted by molar-refractivity contribution is 7.89. The average Bonchev–Trinajstić information content (AvgIpc) is 2.77. The predicted molar refractivity (Wildman–Crippen MR) is 128 cm³/mol. The van der Waals surface area contributed by atoms with E-state index in [0.29, 0.717) is 18.0 Å². The van der Waals surface area contributed by atoms with Crippen LogP contribution in [0.1, 0.15) is 34.2 Å². The van der Waals surface area contributed by atoms with Crippen LogP contribution in [0.3, 0.4) is 0 Å². The third-order valence-electron chi connectivity index (χ3n) is 5.12. The first kappa shape index (κ1) is 24.4. The van der Waals surface area contributed by atoms with Crippen molar-refractivity contribution in [1.82, 2.24) is 15.0 Å². The molecule has 0 unspecified atom stereocenters. The van der Waals surface area contributed by atoms with E-state index >= 15 is 0 Å². The Bertz CT molecular complexity index is 1240. The lowest BCUT2D eigenvalue weighted by atomic mass is 10.1. The van der Waals surface area contributed by atoms with Gasteiger partial charge in [0.2, 0.25) is 21.8 Å². The van der Waals surface area contributed by atoms with Crippen LogP contribution in [0.25, 0.3) is 0 Å². The maximum absolute atomic E-state index is 12.5. The Morgan fingerprint density at radius 1 is 0.939 bits per heavy atom. The number of hydrogen-bond acceptors (Lipinski definition) is 5. The molecular weight excluding hydrogens is 438 g/mol. The van der Waals surface area contributed by atoms with Crippen molar-refractivity contribution < 1.29 is 17.9 Å². The molecule has 8 heteroatoms. The molecule has 0 saturated carbocycles. The molecule has 1 aromatic heterocycles. The van der Waals surface area contributed by atoms with Crippen LogP contribution in [0.5, 0.6) is 11.6 Å². The molecule has 1 heterocycles. The smallest absolute Gasteiger partial charge is 0.240 e. The molecule has 2 N–H and O–H groups in total. The summed E-state index contributed by atoms with van der Waals surface area (Å²) in [7, 11) is -3.67. The van der Waals surface area contributed by atoms with Gasteiger partial charge in [-0.1, -0.05) is 30.3 Å². The van der Waals surface area contributed by atoms with Crippen molar-refractivity contribution in [2.75, 3.05) is 6.54 Å². The zero-order valence-corrected chi connectivity index (χ0v) is 20.1. The minimum atomic E-state index is -3.67. The number of aryl methyl sites for hydroxylation is 4. The van der Waals surface area contributed by atoms with Gasteiger partial charge in [0.05, 0.1) is 4.90 Å². The van der Waals surface area contributed by atoms with Gasteiger partial charge in [0.25, 0.3) is 0 Å². The van der Waals surface area contributed by atoms with Crippen molar-refractivity contribution in [2.24, 2.45) is 0 Å². The minimum absolute atomic E-state index is 0.0163. The van der Waals surface area contributed by atoms with Crippen molar-refractivity contribution in [3.05, 3.63) is 82.5 Å². The summed E-state index contributed by atoms with van der Waals surface area (Å²) < 4.78 is 33.3. The Balaban J connectivity index is 1.47. The average molecular weight is 468 g/mol. The van der Waals surface area contributed by atoms with E-state index in [0.717, 1.165) is 28.0 Å². The van der Waals surface area contributed by atoms with Crippen LogP contribution in [0.15, 0.2) is 59.6 Å². The largest absolute Gasteiger partial charge is 0.439 e. The van der Waals surface area contributed by atoms with Crippen molar-refractivity contribution in [3.8, 4) is 11.6 Å². The number of rotatable bonds is 9. The Morgan fingerprint density at radius 2 is 1.64 bits per heavy atom. The predicted octanol–water partition coefficient (Wildman–Crippen LogP) is 4.09. The van der Waals surface area contributed by atoms with Gasteiger partial charge in [0, 0.05) is 31.8 Å². The van der Waals surface area contributed by atoms with Crippen LogP contribution >= 0.6 is 0 Å². The normalized spacial score (nSPS) is 11.3. The summed E-state index contributed by atoms with van der Waals surface area (Å²) in [5.74, 6) is 0.973. The molecule has 0 aliphatic carbocycles. The molecular formula is C25H29N3O4S. The van der Waals surface area contributed by atoms with Gasteiger partial charge in [0.15, 0.2) is 0 Å². The summed E-state index contributed by atoms with van der Waals surface area (Å²) >= 11 is 0. The Labute approximate surface area is 195 Å². The standard InChI is InChI=1S/C25H29N3O4S/c1-17-5-7-19(3)22(13-17)32-25-10-9-21(16-27-25)15-26-24(29)11-12-28-33(30,31)23-14-18(2)6-8-20(23)4/h5-10,13-14,16,28H,11-12,15H2,1-4H3,(H,26,29). The molecule has 0 saturated heterocycles. The summed E-state index contributed by atoms with van der Waals surface area (Å²) in [4.78, 5) is 16.7. The minimum Gasteiger partial charge on any atom is -0.439 e. The fraction of sp³-hybridized carbons (Fsp3) is 0.280. The fourth-order valence-corrected chi connectivity index (χ4v) is 4.53. The number of aromatic nitrogens is 1. The summed E-state index contributed by atoms with van der Waals surface area (Å²) in [6.07, 6.45) is 1.68. The van der Waals surface area contributed by atoms with Crippen LogP contribution in [0.2, 0.25) is 0 Å². The summed E-state index contributed by atoms with van der Waals surface area (Å²) in [5, 5.41) is 2.78. The molecule has 174 valence electrons. The van der Waals surface area contributed by atoms with Gasteiger partial charge in [-0.2, -0.15) is 0 Å². The van der Waals surface area contributed by atoms with Crippen molar-refractivity contribution in [3.63, 3.8) is 0 Å². The molecule has 0 fully saturated rings. The van der Waals surface area contributed by atoms with Gasteiger partial charge in [-0.3, -0.25) is 4.79 Å². The zero-order valence-electron chi connectivity index (χ0n) is 19.3. The lowest BCUT2D eigenvalue weighted by molar-refractivity contribution is -0.121. The molecule has 3 aromatic rings. The second-order valence-electron chi connectivity index (χ2n) is 8.07. The Hall–Kier alpha value is -3.23. The lowest BCUT2D eigenvalue weighted by Crippen LogP contribution is -2.31. The van der Waals surface area contributed by atoms with E-state index in [4.69, 9.17) is 4.74 Å². The summed E-state index contributed by atoms with van der Waals surface area (Å²) in [6, 6.07) is 14.8. The fourth-order valence-electron chi connectivity index (χ4n) is 3.17. The van der Waals surface area contributed by atoms with E-state index < -0.39 is 10.0 Å². The van der Waals surface area contributed by atoms with E-state index in [-0.39, 0.29) is 23.8 Å². The van der Waals surface area contributed by atoms with Crippen LogP contribution in [0.4, 0.5) is 0 Å². The molecule has 3 rings (SSSR count). The number of carbonyl (C=O) groups is 1. The number of amides is 1. The van der Waals surface area contributed by atoms with E-state index in [1.54, 1.807) is 31.3 Å². The first-order valence-corrected chi connectivity index (χ1v) is 12.2. The maximum Gasteiger partial charge on any atom is 0.240 e. The van der Waals surface area contributed by atoms with Gasteiger partial charge >= 0.3 is 0 Å². The van der Waals surface area contributed by atoms with Gasteiger partial charge in [-0.25, -0.2) is 18.1 Å². The number of sulfonamides is 1. The molecule has 7 nitrogen and oxygen atoms in total. The number of benzene rings is 2. The van der Waals surface area contributed by atoms with Gasteiger partial charge in [0.1, 0.15) is 5.75 Å². The van der Waals surface area contributed by atoms with Crippen LogP contribution in [0, 0.1) is 27.7 Å². The quantitative estimate of drug-likeness (QED) is 0.494. The molecule has 0 aliphatic heterocycles. The monoisotopic (exact) mass is 467 g/mol. The highest BCUT2D eigenvalue weighted by Crippen LogP contribution is 2.24. The van der Waals surface area contributed by atoms with Crippen molar-refractivity contribution >= 4 is 15.9 Å². The molecule has 33 heavy (non-hydrogen) atoms. The zero-order chi connectivity index (χ0) is 24.0. The molecule has 1 amide bonds. The second-order valence-corrected chi connectivity index (χ2v) is 9.80. The lowest BCUT2D eigenvalue weighted by Gasteiger charge is -2.11. The van der Waals surface area contributed by atoms with Gasteiger partial charge < -0.3 is 10.1 Å². The number of ether oxygens (including phenoxy) is 1. The number of carbonyl (C=O) groups excluding carboxylic acids is 1. The van der Waals surface area contributed by atoms with Crippen molar-refractivity contribution in [2.45, 2.75) is 45.6 Å². The van der Waals surface area contributed by atoms with Gasteiger partial charge in [-0.15, -0.1) is 0 Å². The first-order valence-electron chi connectivity index (χ1n) is 10.7. The van der Waals surface area contributed by atoms with Crippen LogP contribution in [-0.2, 0) is 21.4 Å².